The van der Waals surface area contributed by atoms with Gasteiger partial charge in [0.05, 0.1) is 0 Å². The molecule has 22 heavy (non-hydrogen) atoms. The Balaban J connectivity index is 1.96. The fraction of sp³-hybridized carbons (Fsp3) is 0.222. The summed E-state index contributed by atoms with van der Waals surface area (Å²) in [4.78, 5) is 11.8. The zero-order valence-electron chi connectivity index (χ0n) is 12.4. The summed E-state index contributed by atoms with van der Waals surface area (Å²) in [5.41, 5.74) is 1.94. The van der Waals surface area contributed by atoms with Crippen LogP contribution in [0.15, 0.2) is 70.6 Å². The maximum absolute atomic E-state index is 4.76. The average molecular weight is 355 g/mol. The van der Waals surface area contributed by atoms with E-state index in [1.165, 1.54) is 12.8 Å². The zero-order chi connectivity index (χ0) is 15.2. The van der Waals surface area contributed by atoms with Gasteiger partial charge in [-0.25, -0.2) is 0 Å². The Kier molecular flexibility index (Phi) is 5.04. The van der Waals surface area contributed by atoms with Gasteiger partial charge in [0.15, 0.2) is 0 Å². The Bertz CT molecular complexity index is 659. The molecule has 0 saturated carbocycles. The van der Waals surface area contributed by atoms with Gasteiger partial charge in [0.1, 0.15) is 0 Å². The number of para-hydroxylation sites is 1. The number of nitrogens with zero attached hydrogens (tertiary/aromatic N) is 3. The van der Waals surface area contributed by atoms with Gasteiger partial charge in [0.25, 0.3) is 0 Å². The minimum absolute atomic E-state index is 0.743. The Morgan fingerprint density at radius 2 is 1.45 bits per heavy atom. The first kappa shape index (κ1) is 15.0. The van der Waals surface area contributed by atoms with Crippen LogP contribution in [0.1, 0.15) is 18.4 Å². The van der Waals surface area contributed by atoms with E-state index in [0.29, 0.717) is 0 Å². The van der Waals surface area contributed by atoms with Crippen LogP contribution in [0.5, 0.6) is 0 Å². The van der Waals surface area contributed by atoms with Gasteiger partial charge in [0.2, 0.25) is 0 Å². The normalized spacial score (nSPS) is 16.1. The van der Waals surface area contributed by atoms with Crippen molar-refractivity contribution < 1.29 is 0 Å². The summed E-state index contributed by atoms with van der Waals surface area (Å²) in [5, 5.41) is 0. The van der Waals surface area contributed by atoms with Crippen LogP contribution < -0.4 is 0 Å². The third-order valence-corrected chi connectivity index (χ3v) is 4.33. The summed E-state index contributed by atoms with van der Waals surface area (Å²) in [6, 6.07) is 20.1. The van der Waals surface area contributed by atoms with E-state index in [4.69, 9.17) is 9.98 Å². The second-order valence-corrected chi connectivity index (χ2v) is 5.99. The van der Waals surface area contributed by atoms with Gasteiger partial charge in [-0.2, -0.15) is 0 Å². The van der Waals surface area contributed by atoms with Crippen molar-refractivity contribution in [2.45, 2.75) is 12.8 Å². The van der Waals surface area contributed by atoms with E-state index in [-0.39, 0.29) is 0 Å². The van der Waals surface area contributed by atoms with Crippen molar-refractivity contribution in [1.29, 1.82) is 0 Å². The van der Waals surface area contributed by atoms with Crippen molar-refractivity contribution in [3.63, 3.8) is 0 Å². The molecule has 0 aromatic heterocycles. The minimum atomic E-state index is 0.743. The molecule has 4 heteroatoms. The number of likely N-dealkylation sites (tertiary alicyclic amines) is 1. The number of benzene rings is 2. The molecule has 0 aliphatic carbocycles. The van der Waals surface area contributed by atoms with Crippen LogP contribution in [-0.2, 0) is 0 Å². The molecule has 3 rings (SSSR count). The number of hydrogen-bond acceptors (Lipinski definition) is 1. The molecule has 1 radical (unpaired) electrons. The van der Waals surface area contributed by atoms with Crippen LogP contribution >= 0.6 is 0 Å². The van der Waals surface area contributed by atoms with E-state index < -0.39 is 0 Å². The number of amidine groups is 2. The summed E-state index contributed by atoms with van der Waals surface area (Å²) in [6.07, 6.45) is 2.47. The predicted octanol–water partition coefficient (Wildman–Crippen LogP) is 3.39. The summed E-state index contributed by atoms with van der Waals surface area (Å²) >= 11 is 3.10. The van der Waals surface area contributed by atoms with E-state index in [9.17, 15) is 0 Å². The Morgan fingerprint density at radius 3 is 2.09 bits per heavy atom. The van der Waals surface area contributed by atoms with Gasteiger partial charge < -0.3 is 0 Å². The third kappa shape index (κ3) is 3.84. The van der Waals surface area contributed by atoms with Gasteiger partial charge in [-0.3, -0.25) is 0 Å². The van der Waals surface area contributed by atoms with E-state index in [1.54, 1.807) is 0 Å². The standard InChI is InChI=1S/C18H18N3Se/c22-18(21-13-7-8-14-21)20-17(15-9-3-1-4-10-15)19-16-11-5-2-6-12-16/h1-6,9-12H,7-8,13-14H2. The molecule has 1 heterocycles. The number of hydrogen-bond donors (Lipinski definition) is 0. The molecule has 2 aromatic carbocycles. The van der Waals surface area contributed by atoms with Crippen molar-refractivity contribution in [1.82, 2.24) is 4.90 Å². The number of aliphatic imine (C=N–C) groups is 2. The molecule has 0 atom stereocenters. The predicted molar refractivity (Wildman–Crippen MR) is 93.1 cm³/mol. The van der Waals surface area contributed by atoms with Gasteiger partial charge in [-0.15, -0.1) is 0 Å². The van der Waals surface area contributed by atoms with E-state index in [1.807, 2.05) is 60.7 Å². The molecule has 0 amide bonds. The fourth-order valence-corrected chi connectivity index (χ4v) is 3.00. The zero-order valence-corrected chi connectivity index (χ0v) is 14.1. The summed E-state index contributed by atoms with van der Waals surface area (Å²) in [5.74, 6) is 0.743. The van der Waals surface area contributed by atoms with Gasteiger partial charge in [-0.05, 0) is 0 Å². The van der Waals surface area contributed by atoms with Gasteiger partial charge in [0, 0.05) is 0 Å². The maximum atomic E-state index is 4.76. The van der Waals surface area contributed by atoms with Gasteiger partial charge in [-0.1, -0.05) is 0 Å². The molecule has 0 spiro atoms. The molecule has 1 saturated heterocycles. The van der Waals surface area contributed by atoms with E-state index in [0.717, 1.165) is 34.9 Å². The van der Waals surface area contributed by atoms with Crippen molar-refractivity contribution in [2.24, 2.45) is 9.98 Å². The molecule has 0 bridgehead atoms. The monoisotopic (exact) mass is 356 g/mol. The fourth-order valence-electron chi connectivity index (χ4n) is 2.44. The van der Waals surface area contributed by atoms with Crippen LogP contribution in [0.2, 0.25) is 0 Å². The molecule has 1 fully saturated rings. The molecular formula is C18H18N3Se. The van der Waals surface area contributed by atoms with Crippen LogP contribution in [0.4, 0.5) is 5.69 Å². The van der Waals surface area contributed by atoms with Crippen molar-refractivity contribution in [2.75, 3.05) is 13.1 Å². The van der Waals surface area contributed by atoms with Crippen molar-refractivity contribution >= 4 is 32.3 Å². The second-order valence-electron chi connectivity index (χ2n) is 5.23. The second kappa shape index (κ2) is 7.39. The van der Waals surface area contributed by atoms with Gasteiger partial charge >= 0.3 is 139 Å². The molecule has 0 N–H and O–H groups in total. The van der Waals surface area contributed by atoms with Crippen LogP contribution in [-0.4, -0.2) is 44.6 Å². The molecule has 1 aliphatic rings. The Morgan fingerprint density at radius 1 is 0.864 bits per heavy atom. The van der Waals surface area contributed by atoms with Crippen LogP contribution in [0, 0.1) is 0 Å². The molecular weight excluding hydrogens is 337 g/mol. The SMILES string of the molecule is [Se]C(=NC(=Nc1ccccc1)c1ccccc1)N1CCCC1. The summed E-state index contributed by atoms with van der Waals surface area (Å²) in [6.45, 7) is 2.14. The first-order valence-corrected chi connectivity index (χ1v) is 8.38. The average Bonchev–Trinajstić information content (AvgIpc) is 3.11. The quantitative estimate of drug-likeness (QED) is 0.461. The van der Waals surface area contributed by atoms with Crippen LogP contribution in [0.25, 0.3) is 0 Å². The van der Waals surface area contributed by atoms with Crippen molar-refractivity contribution in [3.05, 3.63) is 66.2 Å². The molecule has 1 aliphatic heterocycles. The van der Waals surface area contributed by atoms with E-state index >= 15 is 0 Å². The molecule has 2 aromatic rings. The van der Waals surface area contributed by atoms with Crippen molar-refractivity contribution in [3.8, 4) is 0 Å². The molecule has 3 nitrogen and oxygen atoms in total. The number of rotatable bonds is 2. The Hall–Kier alpha value is -1.90. The topological polar surface area (TPSA) is 28.0 Å². The first-order valence-electron chi connectivity index (χ1n) is 7.53. The van der Waals surface area contributed by atoms with E-state index in [2.05, 4.69) is 20.9 Å². The molecule has 0 unspecified atom stereocenters. The van der Waals surface area contributed by atoms with Crippen LogP contribution in [0.3, 0.4) is 0 Å². The summed E-state index contributed by atoms with van der Waals surface area (Å²) < 4.78 is 0.927. The first-order chi connectivity index (χ1) is 10.8. The molecule has 111 valence electrons. The Labute approximate surface area is 139 Å². The summed E-state index contributed by atoms with van der Waals surface area (Å²) in [7, 11) is 0. The third-order valence-electron chi connectivity index (χ3n) is 3.60.